The van der Waals surface area contributed by atoms with Crippen molar-refractivity contribution in [3.8, 4) is 17.3 Å². The van der Waals surface area contributed by atoms with Gasteiger partial charge in [0.15, 0.2) is 5.82 Å². The third-order valence-corrected chi connectivity index (χ3v) is 7.83. The van der Waals surface area contributed by atoms with E-state index in [1.807, 2.05) is 0 Å². The van der Waals surface area contributed by atoms with Crippen LogP contribution in [-0.2, 0) is 26.4 Å². The first-order chi connectivity index (χ1) is 16.2. The third-order valence-electron chi connectivity index (χ3n) is 6.97. The van der Waals surface area contributed by atoms with Crippen molar-refractivity contribution in [2.45, 2.75) is 77.4 Å². The van der Waals surface area contributed by atoms with E-state index < -0.39 is 0 Å². The van der Waals surface area contributed by atoms with Crippen LogP contribution in [0, 0.1) is 0 Å². The molecule has 0 amide bonds. The van der Waals surface area contributed by atoms with Crippen LogP contribution in [0.25, 0.3) is 21.7 Å². The summed E-state index contributed by atoms with van der Waals surface area (Å²) in [5.74, 6) is 2.11. The van der Waals surface area contributed by atoms with Crippen molar-refractivity contribution in [1.29, 1.82) is 0 Å². The van der Waals surface area contributed by atoms with Crippen molar-refractivity contribution in [2.75, 3.05) is 0 Å². The Bertz CT molecular complexity index is 1180. The Balaban J connectivity index is 1.22. The van der Waals surface area contributed by atoms with E-state index >= 15 is 0 Å². The van der Waals surface area contributed by atoms with Gasteiger partial charge >= 0.3 is 0 Å². The SMILES string of the molecule is CCc1cn(CCCc2ccc(OC3CCCCCC3)cc2)c(-c2cc3sccc3n2C)n1. The topological polar surface area (TPSA) is 32.0 Å². The first-order valence-electron chi connectivity index (χ1n) is 12.6. The molecule has 0 bridgehead atoms. The lowest BCUT2D eigenvalue weighted by Crippen LogP contribution is -2.14. The maximum Gasteiger partial charge on any atom is 0.156 e. The molecule has 1 saturated carbocycles. The van der Waals surface area contributed by atoms with Gasteiger partial charge in [-0.2, -0.15) is 0 Å². The van der Waals surface area contributed by atoms with Crippen LogP contribution in [0.1, 0.15) is 63.1 Å². The van der Waals surface area contributed by atoms with E-state index in [9.17, 15) is 0 Å². The lowest BCUT2D eigenvalue weighted by Gasteiger charge is -2.17. The van der Waals surface area contributed by atoms with Gasteiger partial charge in [-0.1, -0.05) is 31.9 Å². The molecule has 5 heteroatoms. The molecule has 5 rings (SSSR count). The molecule has 1 fully saturated rings. The molecule has 0 spiro atoms. The molecule has 0 atom stereocenters. The van der Waals surface area contributed by atoms with Gasteiger partial charge in [-0.05, 0) is 80.2 Å². The van der Waals surface area contributed by atoms with Crippen LogP contribution in [0.5, 0.6) is 5.75 Å². The number of nitrogens with zero attached hydrogens (tertiary/aromatic N) is 3. The Hall–Kier alpha value is -2.53. The van der Waals surface area contributed by atoms with E-state index in [1.165, 1.54) is 60.0 Å². The number of ether oxygens (including phenoxy) is 1. The lowest BCUT2D eigenvalue weighted by atomic mass is 10.1. The number of benzene rings is 1. The maximum atomic E-state index is 6.26. The molecule has 33 heavy (non-hydrogen) atoms. The lowest BCUT2D eigenvalue weighted by molar-refractivity contribution is 0.183. The molecule has 3 aromatic heterocycles. The summed E-state index contributed by atoms with van der Waals surface area (Å²) < 4.78 is 12.2. The van der Waals surface area contributed by atoms with Gasteiger partial charge in [0.05, 0.1) is 27.7 Å². The normalized spacial score (nSPS) is 15.2. The summed E-state index contributed by atoms with van der Waals surface area (Å²) in [4.78, 5) is 4.96. The molecule has 0 aliphatic heterocycles. The molecule has 0 saturated heterocycles. The van der Waals surface area contributed by atoms with Gasteiger partial charge in [0.25, 0.3) is 0 Å². The summed E-state index contributed by atoms with van der Waals surface area (Å²) >= 11 is 1.80. The van der Waals surface area contributed by atoms with E-state index in [1.54, 1.807) is 11.3 Å². The van der Waals surface area contributed by atoms with Crippen LogP contribution in [-0.4, -0.2) is 20.2 Å². The van der Waals surface area contributed by atoms with Crippen LogP contribution < -0.4 is 4.74 Å². The molecule has 1 aliphatic carbocycles. The van der Waals surface area contributed by atoms with Crippen molar-refractivity contribution in [3.05, 3.63) is 59.2 Å². The van der Waals surface area contributed by atoms with Gasteiger partial charge in [-0.15, -0.1) is 11.3 Å². The van der Waals surface area contributed by atoms with Crippen molar-refractivity contribution in [2.24, 2.45) is 7.05 Å². The number of imidazole rings is 1. The zero-order valence-corrected chi connectivity index (χ0v) is 20.7. The van der Waals surface area contributed by atoms with Gasteiger partial charge in [0.1, 0.15) is 5.75 Å². The molecule has 3 heterocycles. The minimum atomic E-state index is 0.401. The zero-order valence-electron chi connectivity index (χ0n) is 19.9. The van der Waals surface area contributed by atoms with Crippen LogP contribution in [0.4, 0.5) is 0 Å². The average molecular weight is 462 g/mol. The highest BCUT2D eigenvalue weighted by Crippen LogP contribution is 2.30. The van der Waals surface area contributed by atoms with Gasteiger partial charge in [-0.3, -0.25) is 0 Å². The highest BCUT2D eigenvalue weighted by Gasteiger charge is 2.16. The maximum absolute atomic E-state index is 6.26. The molecule has 174 valence electrons. The van der Waals surface area contributed by atoms with Gasteiger partial charge in [0.2, 0.25) is 0 Å². The zero-order chi connectivity index (χ0) is 22.6. The summed E-state index contributed by atoms with van der Waals surface area (Å²) in [6, 6.07) is 13.3. The van der Waals surface area contributed by atoms with E-state index in [0.29, 0.717) is 6.10 Å². The summed E-state index contributed by atoms with van der Waals surface area (Å²) in [6.07, 6.45) is 13.5. The number of hydrogen-bond donors (Lipinski definition) is 0. The predicted octanol–water partition coefficient (Wildman–Crippen LogP) is 7.40. The summed E-state index contributed by atoms with van der Waals surface area (Å²) in [5.41, 5.74) is 5.03. The summed E-state index contributed by atoms with van der Waals surface area (Å²) in [6.45, 7) is 3.15. The second-order valence-corrected chi connectivity index (χ2v) is 10.3. The predicted molar refractivity (Wildman–Crippen MR) is 138 cm³/mol. The molecule has 1 aromatic carbocycles. The van der Waals surface area contributed by atoms with Crippen LogP contribution in [0.2, 0.25) is 0 Å². The number of thiophene rings is 1. The Morgan fingerprint density at radius 3 is 2.58 bits per heavy atom. The Labute approximate surface area is 201 Å². The van der Waals surface area contributed by atoms with E-state index in [-0.39, 0.29) is 0 Å². The standard InChI is InChI=1S/C28H35N3OS/c1-3-22-20-31(28(29-22)26-19-27-25(30(26)2)16-18-33-27)17-8-9-21-12-14-24(15-13-21)32-23-10-6-4-5-7-11-23/h12-16,18-20,23H,3-11,17H2,1-2H3. The summed E-state index contributed by atoms with van der Waals surface area (Å²) in [5, 5.41) is 2.16. The second kappa shape index (κ2) is 10.2. The minimum Gasteiger partial charge on any atom is -0.490 e. The van der Waals surface area contributed by atoms with Crippen molar-refractivity contribution in [3.63, 3.8) is 0 Å². The molecule has 4 aromatic rings. The summed E-state index contributed by atoms with van der Waals surface area (Å²) in [7, 11) is 2.15. The van der Waals surface area contributed by atoms with E-state index in [4.69, 9.17) is 9.72 Å². The minimum absolute atomic E-state index is 0.401. The number of aromatic nitrogens is 3. The van der Waals surface area contributed by atoms with Gasteiger partial charge in [-0.25, -0.2) is 4.98 Å². The highest BCUT2D eigenvalue weighted by atomic mass is 32.1. The molecule has 0 unspecified atom stereocenters. The second-order valence-electron chi connectivity index (χ2n) is 9.34. The molecule has 0 N–H and O–H groups in total. The van der Waals surface area contributed by atoms with Crippen LogP contribution in [0.15, 0.2) is 48.0 Å². The van der Waals surface area contributed by atoms with Crippen molar-refractivity contribution < 1.29 is 4.74 Å². The van der Waals surface area contributed by atoms with Crippen molar-refractivity contribution >= 4 is 21.6 Å². The smallest absolute Gasteiger partial charge is 0.156 e. The number of hydrogen-bond acceptors (Lipinski definition) is 3. The molecule has 0 radical (unpaired) electrons. The third kappa shape index (κ3) is 5.03. The van der Waals surface area contributed by atoms with E-state index in [0.717, 1.165) is 43.1 Å². The van der Waals surface area contributed by atoms with Gasteiger partial charge in [0, 0.05) is 19.8 Å². The van der Waals surface area contributed by atoms with Crippen molar-refractivity contribution in [1.82, 2.24) is 14.1 Å². The van der Waals surface area contributed by atoms with E-state index in [2.05, 4.69) is 71.1 Å². The number of rotatable bonds is 8. The van der Waals surface area contributed by atoms with Crippen LogP contribution >= 0.6 is 11.3 Å². The Morgan fingerprint density at radius 1 is 1.06 bits per heavy atom. The first kappa shape index (κ1) is 22.3. The molecule has 1 aliphatic rings. The molecular weight excluding hydrogens is 426 g/mol. The monoisotopic (exact) mass is 461 g/mol. The largest absolute Gasteiger partial charge is 0.490 e. The quantitative estimate of drug-likeness (QED) is 0.256. The number of aryl methyl sites for hydroxylation is 4. The fourth-order valence-electron chi connectivity index (χ4n) is 5.02. The number of fused-ring (bicyclic) bond motifs is 1. The van der Waals surface area contributed by atoms with Crippen LogP contribution in [0.3, 0.4) is 0 Å². The fraction of sp³-hybridized carbons (Fsp3) is 0.464. The Morgan fingerprint density at radius 2 is 1.85 bits per heavy atom. The fourth-order valence-corrected chi connectivity index (χ4v) is 5.87. The first-order valence-corrected chi connectivity index (χ1v) is 13.4. The highest BCUT2D eigenvalue weighted by molar-refractivity contribution is 7.17. The average Bonchev–Trinajstić information content (AvgIpc) is 3.47. The molecular formula is C28H35N3OS. The van der Waals surface area contributed by atoms with Gasteiger partial charge < -0.3 is 13.9 Å². The molecule has 4 nitrogen and oxygen atoms in total. The Kier molecular flexibility index (Phi) is 6.86.